The van der Waals surface area contributed by atoms with Gasteiger partial charge in [0.1, 0.15) is 23.2 Å². The van der Waals surface area contributed by atoms with Crippen molar-refractivity contribution in [2.75, 3.05) is 6.61 Å². The van der Waals surface area contributed by atoms with Gasteiger partial charge < -0.3 is 9.47 Å². The minimum Gasteiger partial charge on any atom is -0.462 e. The molecule has 4 nitrogen and oxygen atoms in total. The highest BCUT2D eigenvalue weighted by Gasteiger charge is 2.19. The van der Waals surface area contributed by atoms with E-state index < -0.39 is 35.3 Å². The maximum absolute atomic E-state index is 13.4. The van der Waals surface area contributed by atoms with Gasteiger partial charge in [0.25, 0.3) is 0 Å². The van der Waals surface area contributed by atoms with E-state index in [-0.39, 0.29) is 6.61 Å². The first-order valence-electron chi connectivity index (χ1n) is 4.85. The molecule has 0 unspecified atom stereocenters. The molecule has 0 atom stereocenters. The van der Waals surface area contributed by atoms with Gasteiger partial charge in [0.15, 0.2) is 0 Å². The average molecular weight is 259 g/mol. The molecular formula is C11H8F3NO3. The highest BCUT2D eigenvalue weighted by Crippen LogP contribution is 2.23. The van der Waals surface area contributed by atoms with E-state index in [1.165, 1.54) is 13.0 Å². The zero-order valence-corrected chi connectivity index (χ0v) is 9.25. The maximum atomic E-state index is 13.4. The van der Waals surface area contributed by atoms with Crippen molar-refractivity contribution >= 4 is 5.97 Å². The predicted molar refractivity (Wildman–Crippen MR) is 53.7 cm³/mol. The van der Waals surface area contributed by atoms with Crippen LogP contribution in [0.2, 0.25) is 0 Å². The number of ether oxygens (including phenoxy) is 2. The van der Waals surface area contributed by atoms with Crippen LogP contribution in [0.25, 0.3) is 0 Å². The summed E-state index contributed by atoms with van der Waals surface area (Å²) >= 11 is 0. The molecule has 0 aliphatic heterocycles. The van der Waals surface area contributed by atoms with Crippen LogP contribution in [0.1, 0.15) is 22.8 Å². The second-order valence-electron chi connectivity index (χ2n) is 3.04. The molecule has 0 heterocycles. The third-order valence-electron chi connectivity index (χ3n) is 1.90. The van der Waals surface area contributed by atoms with E-state index in [1.54, 1.807) is 0 Å². The molecule has 0 spiro atoms. The second kappa shape index (κ2) is 5.91. The Morgan fingerprint density at radius 3 is 2.67 bits per heavy atom. The Kier molecular flexibility index (Phi) is 4.54. The van der Waals surface area contributed by atoms with Crippen molar-refractivity contribution in [1.29, 1.82) is 5.26 Å². The first-order valence-corrected chi connectivity index (χ1v) is 4.85. The molecule has 7 heteroatoms. The van der Waals surface area contributed by atoms with Crippen LogP contribution in [-0.2, 0) is 4.74 Å². The van der Waals surface area contributed by atoms with E-state index in [9.17, 15) is 18.0 Å². The highest BCUT2D eigenvalue weighted by molar-refractivity contribution is 5.92. The fourth-order valence-corrected chi connectivity index (χ4v) is 1.24. The van der Waals surface area contributed by atoms with Crippen LogP contribution in [0, 0.1) is 17.1 Å². The zero-order chi connectivity index (χ0) is 13.7. The molecule has 0 aromatic heterocycles. The summed E-state index contributed by atoms with van der Waals surface area (Å²) in [5, 5.41) is 8.70. The first kappa shape index (κ1) is 13.8. The minimum atomic E-state index is -3.16. The number of alkyl halides is 2. The third kappa shape index (κ3) is 3.13. The number of benzene rings is 1. The summed E-state index contributed by atoms with van der Waals surface area (Å²) in [6, 6.07) is 2.91. The molecule has 0 aliphatic rings. The monoisotopic (exact) mass is 259 g/mol. The van der Waals surface area contributed by atoms with E-state index >= 15 is 0 Å². The molecule has 0 aliphatic carbocycles. The number of carbonyl (C=O) groups is 1. The van der Waals surface area contributed by atoms with Crippen molar-refractivity contribution in [2.45, 2.75) is 13.5 Å². The molecule has 1 aromatic carbocycles. The van der Waals surface area contributed by atoms with E-state index in [0.717, 1.165) is 6.07 Å². The van der Waals surface area contributed by atoms with Crippen molar-refractivity contribution in [3.8, 4) is 11.8 Å². The zero-order valence-electron chi connectivity index (χ0n) is 9.25. The molecule has 1 rings (SSSR count). The molecule has 96 valence electrons. The smallest absolute Gasteiger partial charge is 0.387 e. The first-order chi connectivity index (χ1) is 8.49. The summed E-state index contributed by atoms with van der Waals surface area (Å²) in [6.07, 6.45) is 0. The Labute approximate surface area is 101 Å². The van der Waals surface area contributed by atoms with Crippen LogP contribution in [0.5, 0.6) is 5.75 Å². The van der Waals surface area contributed by atoms with Crippen molar-refractivity contribution < 1.29 is 27.4 Å². The highest BCUT2D eigenvalue weighted by atomic mass is 19.3. The largest absolute Gasteiger partial charge is 0.462 e. The number of nitriles is 1. The van der Waals surface area contributed by atoms with Crippen molar-refractivity contribution in [3.05, 3.63) is 29.1 Å². The molecule has 0 fully saturated rings. The molecular weight excluding hydrogens is 251 g/mol. The van der Waals surface area contributed by atoms with Crippen LogP contribution >= 0.6 is 0 Å². The van der Waals surface area contributed by atoms with Gasteiger partial charge in [-0.05, 0) is 13.0 Å². The molecule has 0 saturated carbocycles. The van der Waals surface area contributed by atoms with Gasteiger partial charge in [-0.1, -0.05) is 0 Å². The summed E-state index contributed by atoms with van der Waals surface area (Å²) in [4.78, 5) is 11.4. The van der Waals surface area contributed by atoms with E-state index in [4.69, 9.17) is 5.26 Å². The Morgan fingerprint density at radius 1 is 1.50 bits per heavy atom. The van der Waals surface area contributed by atoms with Gasteiger partial charge in [-0.25, -0.2) is 9.18 Å². The van der Waals surface area contributed by atoms with Crippen molar-refractivity contribution in [1.82, 2.24) is 0 Å². The number of nitrogens with zero attached hydrogens (tertiary/aromatic N) is 1. The second-order valence-corrected chi connectivity index (χ2v) is 3.04. The Morgan fingerprint density at radius 2 is 2.17 bits per heavy atom. The van der Waals surface area contributed by atoms with Crippen LogP contribution < -0.4 is 4.74 Å². The fourth-order valence-electron chi connectivity index (χ4n) is 1.24. The lowest BCUT2D eigenvalue weighted by atomic mass is 10.1. The lowest BCUT2D eigenvalue weighted by Crippen LogP contribution is -2.10. The minimum absolute atomic E-state index is 0.00521. The predicted octanol–water partition coefficient (Wildman–Crippen LogP) is 2.48. The van der Waals surface area contributed by atoms with Crippen LogP contribution in [0.4, 0.5) is 13.2 Å². The summed E-state index contributed by atoms with van der Waals surface area (Å²) in [5.41, 5.74) is -1.02. The van der Waals surface area contributed by atoms with Gasteiger partial charge in [-0.15, -0.1) is 0 Å². The number of rotatable bonds is 4. The van der Waals surface area contributed by atoms with Gasteiger partial charge in [0.2, 0.25) is 0 Å². The van der Waals surface area contributed by atoms with Gasteiger partial charge in [-0.3, -0.25) is 0 Å². The van der Waals surface area contributed by atoms with Gasteiger partial charge in [0, 0.05) is 6.07 Å². The van der Waals surface area contributed by atoms with Gasteiger partial charge in [0.05, 0.1) is 12.2 Å². The number of hydrogen-bond donors (Lipinski definition) is 0. The quantitative estimate of drug-likeness (QED) is 0.779. The lowest BCUT2D eigenvalue weighted by Gasteiger charge is -2.09. The van der Waals surface area contributed by atoms with Crippen LogP contribution in [0.3, 0.4) is 0 Å². The van der Waals surface area contributed by atoms with E-state index in [1.807, 2.05) is 0 Å². The molecule has 0 amide bonds. The average Bonchev–Trinajstić information content (AvgIpc) is 2.27. The fraction of sp³-hybridized carbons (Fsp3) is 0.273. The van der Waals surface area contributed by atoms with Crippen molar-refractivity contribution in [3.63, 3.8) is 0 Å². The molecule has 18 heavy (non-hydrogen) atoms. The topological polar surface area (TPSA) is 59.3 Å². The van der Waals surface area contributed by atoms with Gasteiger partial charge >= 0.3 is 12.6 Å². The number of halogens is 3. The molecule has 0 radical (unpaired) electrons. The SMILES string of the molecule is CCOC(=O)c1cc(OC(F)F)cc(F)c1C#N. The summed E-state index contributed by atoms with van der Waals surface area (Å²) < 4.78 is 45.9. The molecule has 1 aromatic rings. The van der Waals surface area contributed by atoms with E-state index in [0.29, 0.717) is 6.07 Å². The van der Waals surface area contributed by atoms with Crippen LogP contribution in [-0.4, -0.2) is 19.2 Å². The summed E-state index contributed by atoms with van der Waals surface area (Å²) in [6.45, 7) is -1.64. The molecule has 0 N–H and O–H groups in total. The summed E-state index contributed by atoms with van der Waals surface area (Å²) in [7, 11) is 0. The normalized spacial score (nSPS) is 10.0. The van der Waals surface area contributed by atoms with Crippen LogP contribution in [0.15, 0.2) is 12.1 Å². The molecule has 0 saturated heterocycles. The lowest BCUT2D eigenvalue weighted by molar-refractivity contribution is -0.0500. The number of hydrogen-bond acceptors (Lipinski definition) is 4. The van der Waals surface area contributed by atoms with E-state index in [2.05, 4.69) is 9.47 Å². The summed E-state index contributed by atoms with van der Waals surface area (Å²) in [5.74, 6) is -2.66. The Bertz CT molecular complexity index is 497. The maximum Gasteiger partial charge on any atom is 0.387 e. The standard InChI is InChI=1S/C11H8F3NO3/c1-2-17-10(16)7-3-6(18-11(13)14)4-9(12)8(7)5-15/h3-4,11H,2H2,1H3. The van der Waals surface area contributed by atoms with Gasteiger partial charge in [-0.2, -0.15) is 14.0 Å². The van der Waals surface area contributed by atoms with Crippen molar-refractivity contribution in [2.24, 2.45) is 0 Å². The number of esters is 1. The third-order valence-corrected chi connectivity index (χ3v) is 1.90. The molecule has 0 bridgehead atoms. The number of carbonyl (C=O) groups excluding carboxylic acids is 1. The Hall–Kier alpha value is -2.23. The Balaban J connectivity index is 3.24.